The third-order valence-corrected chi connectivity index (χ3v) is 3.89. The van der Waals surface area contributed by atoms with E-state index in [0.29, 0.717) is 6.42 Å². The van der Waals surface area contributed by atoms with Crippen LogP contribution >= 0.6 is 0 Å². The molecule has 0 bridgehead atoms. The van der Waals surface area contributed by atoms with Gasteiger partial charge < -0.3 is 15.7 Å². The maximum absolute atomic E-state index is 11.7. The fraction of sp³-hybridized carbons (Fsp3) is 0.857. The van der Waals surface area contributed by atoms with E-state index >= 15 is 0 Å². The van der Waals surface area contributed by atoms with Crippen LogP contribution in [0.5, 0.6) is 0 Å². The average Bonchev–Trinajstić information content (AvgIpc) is 2.38. The van der Waals surface area contributed by atoms with Crippen molar-refractivity contribution in [2.45, 2.75) is 70.9 Å². The number of nitrogens with one attached hydrogen (secondary N) is 2. The highest BCUT2D eigenvalue weighted by molar-refractivity contribution is 5.82. The molecule has 1 unspecified atom stereocenters. The van der Waals surface area contributed by atoms with Crippen molar-refractivity contribution in [2.24, 2.45) is 5.92 Å². The van der Waals surface area contributed by atoms with E-state index in [0.717, 1.165) is 31.6 Å². The number of urea groups is 1. The number of hydrogen-bond donors (Lipinski definition) is 3. The van der Waals surface area contributed by atoms with E-state index in [1.807, 2.05) is 0 Å². The van der Waals surface area contributed by atoms with Gasteiger partial charge in [-0.15, -0.1) is 0 Å². The lowest BCUT2D eigenvalue weighted by molar-refractivity contribution is -0.139. The van der Waals surface area contributed by atoms with Crippen LogP contribution in [-0.2, 0) is 4.79 Å². The molecule has 0 saturated heterocycles. The summed E-state index contributed by atoms with van der Waals surface area (Å²) < 4.78 is 0. The molecule has 0 radical (unpaired) electrons. The summed E-state index contributed by atoms with van der Waals surface area (Å²) in [6.45, 7) is 3.95. The van der Waals surface area contributed by atoms with Crippen molar-refractivity contribution in [1.29, 1.82) is 0 Å². The first kappa shape index (κ1) is 15.8. The van der Waals surface area contributed by atoms with E-state index in [2.05, 4.69) is 17.6 Å². The van der Waals surface area contributed by atoms with Crippen LogP contribution in [0.2, 0.25) is 0 Å². The van der Waals surface area contributed by atoms with Crippen molar-refractivity contribution >= 4 is 12.0 Å². The SMILES string of the molecule is CCCC1CCC(NC(=O)NC(CC)C(=O)O)CC1. The topological polar surface area (TPSA) is 78.4 Å². The summed E-state index contributed by atoms with van der Waals surface area (Å²) in [5, 5.41) is 14.3. The Morgan fingerprint density at radius 3 is 2.32 bits per heavy atom. The molecule has 0 heterocycles. The third kappa shape index (κ3) is 5.49. The monoisotopic (exact) mass is 270 g/mol. The third-order valence-electron chi connectivity index (χ3n) is 3.89. The van der Waals surface area contributed by atoms with Gasteiger partial charge in [-0.2, -0.15) is 0 Å². The van der Waals surface area contributed by atoms with Crippen LogP contribution < -0.4 is 10.6 Å². The van der Waals surface area contributed by atoms with Crippen molar-refractivity contribution in [1.82, 2.24) is 10.6 Å². The van der Waals surface area contributed by atoms with Crippen LogP contribution in [0, 0.1) is 5.92 Å². The van der Waals surface area contributed by atoms with E-state index in [4.69, 9.17) is 5.11 Å². The second-order valence-corrected chi connectivity index (χ2v) is 5.42. The molecule has 19 heavy (non-hydrogen) atoms. The maximum atomic E-state index is 11.7. The van der Waals surface area contributed by atoms with Crippen molar-refractivity contribution in [3.63, 3.8) is 0 Å². The number of carbonyl (C=O) groups excluding carboxylic acids is 1. The number of carboxylic acids is 1. The molecule has 1 atom stereocenters. The van der Waals surface area contributed by atoms with Gasteiger partial charge in [-0.1, -0.05) is 26.7 Å². The van der Waals surface area contributed by atoms with E-state index in [9.17, 15) is 9.59 Å². The molecular formula is C14H26N2O3. The first-order valence-corrected chi connectivity index (χ1v) is 7.36. The van der Waals surface area contributed by atoms with Gasteiger partial charge in [0.25, 0.3) is 0 Å². The quantitative estimate of drug-likeness (QED) is 0.694. The Bertz CT molecular complexity index is 299. The predicted molar refractivity (Wildman–Crippen MR) is 74.0 cm³/mol. The molecule has 1 saturated carbocycles. The smallest absolute Gasteiger partial charge is 0.326 e. The van der Waals surface area contributed by atoms with Gasteiger partial charge in [-0.3, -0.25) is 0 Å². The maximum Gasteiger partial charge on any atom is 0.326 e. The first-order chi connectivity index (χ1) is 9.06. The molecule has 0 aromatic carbocycles. The predicted octanol–water partition coefficient (Wildman–Crippen LogP) is 2.51. The number of amides is 2. The Morgan fingerprint density at radius 2 is 1.84 bits per heavy atom. The van der Waals surface area contributed by atoms with Crippen LogP contribution in [0.15, 0.2) is 0 Å². The van der Waals surface area contributed by atoms with Crippen molar-refractivity contribution in [2.75, 3.05) is 0 Å². The number of carbonyl (C=O) groups is 2. The summed E-state index contributed by atoms with van der Waals surface area (Å²) in [5.41, 5.74) is 0. The number of aliphatic carboxylic acids is 1. The lowest BCUT2D eigenvalue weighted by atomic mass is 9.83. The fourth-order valence-electron chi connectivity index (χ4n) is 2.73. The summed E-state index contributed by atoms with van der Waals surface area (Å²) in [7, 11) is 0. The van der Waals surface area contributed by atoms with Crippen molar-refractivity contribution in [3.8, 4) is 0 Å². The minimum Gasteiger partial charge on any atom is -0.480 e. The molecule has 0 spiro atoms. The van der Waals surface area contributed by atoms with E-state index < -0.39 is 12.0 Å². The Balaban J connectivity index is 2.28. The van der Waals surface area contributed by atoms with Gasteiger partial charge in [-0.05, 0) is 38.0 Å². The van der Waals surface area contributed by atoms with Gasteiger partial charge in [-0.25, -0.2) is 9.59 Å². The molecule has 5 nitrogen and oxygen atoms in total. The molecule has 1 aliphatic rings. The molecule has 1 fully saturated rings. The lowest BCUT2D eigenvalue weighted by Crippen LogP contribution is -2.49. The fourth-order valence-corrected chi connectivity index (χ4v) is 2.73. The van der Waals surface area contributed by atoms with E-state index in [-0.39, 0.29) is 12.1 Å². The number of carboxylic acid groups (broad SMARTS) is 1. The zero-order valence-corrected chi connectivity index (χ0v) is 11.9. The zero-order valence-electron chi connectivity index (χ0n) is 11.9. The summed E-state index contributed by atoms with van der Waals surface area (Å²) in [4.78, 5) is 22.5. The van der Waals surface area contributed by atoms with Crippen LogP contribution in [0.25, 0.3) is 0 Å². The average molecular weight is 270 g/mol. The van der Waals surface area contributed by atoms with Gasteiger partial charge in [0, 0.05) is 6.04 Å². The molecule has 0 aliphatic heterocycles. The van der Waals surface area contributed by atoms with Crippen molar-refractivity contribution < 1.29 is 14.7 Å². The number of rotatable bonds is 6. The largest absolute Gasteiger partial charge is 0.480 e. The molecule has 0 aromatic rings. The summed E-state index contributed by atoms with van der Waals surface area (Å²) in [5.74, 6) is -0.183. The minimum atomic E-state index is -0.982. The van der Waals surface area contributed by atoms with E-state index in [1.165, 1.54) is 12.8 Å². The Kier molecular flexibility index (Phi) is 6.67. The Labute approximate surface area is 115 Å². The molecule has 5 heteroatoms. The van der Waals surface area contributed by atoms with Crippen LogP contribution in [-0.4, -0.2) is 29.2 Å². The van der Waals surface area contributed by atoms with Gasteiger partial charge in [0.15, 0.2) is 0 Å². The second kappa shape index (κ2) is 8.02. The van der Waals surface area contributed by atoms with Gasteiger partial charge >= 0.3 is 12.0 Å². The lowest BCUT2D eigenvalue weighted by Gasteiger charge is -2.29. The zero-order chi connectivity index (χ0) is 14.3. The van der Waals surface area contributed by atoms with E-state index in [1.54, 1.807) is 6.92 Å². The van der Waals surface area contributed by atoms with Crippen LogP contribution in [0.4, 0.5) is 4.79 Å². The minimum absolute atomic E-state index is 0.194. The molecule has 0 aromatic heterocycles. The summed E-state index contributed by atoms with van der Waals surface area (Å²) in [6, 6.07) is -0.955. The number of hydrogen-bond acceptors (Lipinski definition) is 2. The Morgan fingerprint density at radius 1 is 1.21 bits per heavy atom. The Hall–Kier alpha value is -1.26. The molecule has 1 aliphatic carbocycles. The summed E-state index contributed by atoms with van der Waals surface area (Å²) in [6.07, 6.45) is 7.22. The normalized spacial score (nSPS) is 24.5. The highest BCUT2D eigenvalue weighted by Crippen LogP contribution is 2.27. The van der Waals surface area contributed by atoms with Gasteiger partial charge in [0.2, 0.25) is 0 Å². The first-order valence-electron chi connectivity index (χ1n) is 7.36. The van der Waals surface area contributed by atoms with Crippen LogP contribution in [0.1, 0.15) is 58.8 Å². The van der Waals surface area contributed by atoms with Crippen molar-refractivity contribution in [3.05, 3.63) is 0 Å². The van der Waals surface area contributed by atoms with Gasteiger partial charge in [0.1, 0.15) is 6.04 Å². The highest BCUT2D eigenvalue weighted by Gasteiger charge is 2.23. The summed E-state index contributed by atoms with van der Waals surface area (Å²) >= 11 is 0. The molecule has 3 N–H and O–H groups in total. The standard InChI is InChI=1S/C14H26N2O3/c1-3-5-10-6-8-11(9-7-10)15-14(19)16-12(4-2)13(17)18/h10-12H,3-9H2,1-2H3,(H,17,18)(H2,15,16,19). The van der Waals surface area contributed by atoms with Crippen LogP contribution in [0.3, 0.4) is 0 Å². The molecule has 2 amide bonds. The highest BCUT2D eigenvalue weighted by atomic mass is 16.4. The molecular weight excluding hydrogens is 244 g/mol. The molecule has 110 valence electrons. The second-order valence-electron chi connectivity index (χ2n) is 5.42. The van der Waals surface area contributed by atoms with Gasteiger partial charge in [0.05, 0.1) is 0 Å². The molecule has 1 rings (SSSR count).